The van der Waals surface area contributed by atoms with Gasteiger partial charge in [-0.1, -0.05) is 12.1 Å². The second-order valence-electron chi connectivity index (χ2n) is 14.9. The maximum atomic E-state index is 14.6. The molecule has 0 saturated heterocycles. The first-order valence-electron chi connectivity index (χ1n) is 19.7. The Hall–Kier alpha value is -7.55. The van der Waals surface area contributed by atoms with E-state index in [0.29, 0.717) is 53.0 Å². The number of aryl methyl sites for hydroxylation is 1. The molecule has 0 unspecified atom stereocenters. The number of carbonyl (C=O) groups excluding carboxylic acids is 1. The predicted octanol–water partition coefficient (Wildman–Crippen LogP) is 6.27. The second kappa shape index (κ2) is 18.8. The van der Waals surface area contributed by atoms with Crippen LogP contribution in [-0.4, -0.2) is 74.6 Å². The first kappa shape index (κ1) is 44.5. The van der Waals surface area contributed by atoms with E-state index in [0.717, 1.165) is 18.6 Å². The van der Waals surface area contributed by atoms with Gasteiger partial charge in [-0.25, -0.2) is 14.5 Å². The van der Waals surface area contributed by atoms with Gasteiger partial charge in [0.2, 0.25) is 0 Å². The molecule has 64 heavy (non-hydrogen) atoms. The average molecular weight is 882 g/mol. The monoisotopic (exact) mass is 881 g/mol. The van der Waals surface area contributed by atoms with Crippen molar-refractivity contribution in [2.75, 3.05) is 43.7 Å². The molecule has 0 saturated carbocycles. The van der Waals surface area contributed by atoms with Gasteiger partial charge in [0.25, 0.3) is 11.5 Å². The number of nitriles is 2. The Labute approximate surface area is 362 Å². The van der Waals surface area contributed by atoms with Crippen molar-refractivity contribution in [3.8, 4) is 29.4 Å². The number of nitrogens with zero attached hydrogens (tertiary/aromatic N) is 6. The number of hydrogen-bond donors (Lipinski definition) is 4. The van der Waals surface area contributed by atoms with Crippen LogP contribution in [0.1, 0.15) is 65.5 Å². The molecule has 330 valence electrons. The van der Waals surface area contributed by atoms with Gasteiger partial charge in [0.15, 0.2) is 5.60 Å². The molecule has 0 radical (unpaired) electrons. The number of rotatable bonds is 17. The number of H-pyrrole nitrogens is 1. The summed E-state index contributed by atoms with van der Waals surface area (Å²) in [5.74, 6) is -1.18. The molecule has 7 rings (SSSR count). The van der Waals surface area contributed by atoms with Gasteiger partial charge < -0.3 is 34.7 Å². The van der Waals surface area contributed by atoms with Crippen molar-refractivity contribution in [2.24, 2.45) is 7.05 Å². The number of aromatic nitrogens is 5. The zero-order valence-electron chi connectivity index (χ0n) is 34.2. The fourth-order valence-corrected chi connectivity index (χ4v) is 7.06. The van der Waals surface area contributed by atoms with Crippen molar-refractivity contribution in [1.29, 1.82) is 10.5 Å². The Morgan fingerprint density at radius 2 is 1.62 bits per heavy atom. The molecule has 0 bridgehead atoms. The standard InChI is InChI=1S/C44H39F4N9O7/c1-43(60,23-64-30-9-5-25(21-49)6-10-30)42(59)53-28-19-33(44(46,47)48)32(22-50)35(20-28)63-16-4-14-61-13-3-15-62-29-11-7-26(8-12-29)38-37(40-51-24-52-57(40)2)39-36-31(41(58)56-55-39)17-27(45)18-34(36)54-38/h5-12,17-20,24,37-38,54,60H,3-4,13-16,23H2,1-2H3,(H,53,59)(H,56,58)/t37-,38-,43-/m1/s1. The summed E-state index contributed by atoms with van der Waals surface area (Å²) in [6.07, 6.45) is -2.81. The molecule has 1 aliphatic rings. The van der Waals surface area contributed by atoms with Crippen LogP contribution < -0.4 is 30.4 Å². The molecule has 20 heteroatoms. The average Bonchev–Trinajstić information content (AvgIpc) is 3.70. The van der Waals surface area contributed by atoms with Gasteiger partial charge >= 0.3 is 6.18 Å². The zero-order chi connectivity index (χ0) is 45.6. The molecule has 3 atom stereocenters. The van der Waals surface area contributed by atoms with Crippen LogP contribution in [0.15, 0.2) is 83.9 Å². The molecule has 6 aromatic rings. The number of halogens is 4. The lowest BCUT2D eigenvalue weighted by Crippen LogP contribution is -2.45. The molecule has 3 heterocycles. The van der Waals surface area contributed by atoms with Crippen LogP contribution in [0.3, 0.4) is 0 Å². The van der Waals surface area contributed by atoms with Crippen LogP contribution in [0.25, 0.3) is 10.8 Å². The molecular weight excluding hydrogens is 843 g/mol. The molecule has 0 fully saturated rings. The fourth-order valence-electron chi connectivity index (χ4n) is 7.06. The fraction of sp³-hybridized carbons (Fsp3) is 0.295. The lowest BCUT2D eigenvalue weighted by Gasteiger charge is -2.33. The third-order valence-corrected chi connectivity index (χ3v) is 10.2. The number of benzene rings is 4. The molecule has 0 spiro atoms. The van der Waals surface area contributed by atoms with E-state index in [9.17, 15) is 37.5 Å². The lowest BCUT2D eigenvalue weighted by atomic mass is 9.83. The first-order chi connectivity index (χ1) is 30.7. The maximum absolute atomic E-state index is 14.6. The topological polar surface area (TPSA) is 222 Å². The molecule has 0 aliphatic carbocycles. The minimum Gasteiger partial charge on any atom is -0.494 e. The van der Waals surface area contributed by atoms with E-state index < -0.39 is 64.5 Å². The van der Waals surface area contributed by atoms with Crippen molar-refractivity contribution in [3.63, 3.8) is 0 Å². The van der Waals surface area contributed by atoms with Crippen molar-refractivity contribution in [3.05, 3.63) is 129 Å². The van der Waals surface area contributed by atoms with E-state index in [1.807, 2.05) is 18.2 Å². The Balaban J connectivity index is 0.892. The maximum Gasteiger partial charge on any atom is 0.417 e. The Kier molecular flexibility index (Phi) is 13.1. The van der Waals surface area contributed by atoms with Gasteiger partial charge in [0.05, 0.1) is 53.4 Å². The number of amides is 1. The van der Waals surface area contributed by atoms with Crippen LogP contribution in [-0.2, 0) is 22.8 Å². The SMILES string of the molecule is Cn1ncnc1[C@H]1c2n[nH]c(=O)c3cc(F)cc(c23)N[C@@H]1c1ccc(OCCCOCCCOc2cc(NC(=O)[C@](C)(O)COc3ccc(C#N)cc3)cc(C(F)(F)F)c2C#N)cc1. The van der Waals surface area contributed by atoms with E-state index >= 15 is 0 Å². The van der Waals surface area contributed by atoms with E-state index in [-0.39, 0.29) is 43.1 Å². The number of aromatic amines is 1. The normalized spacial score (nSPS) is 15.3. The van der Waals surface area contributed by atoms with Crippen molar-refractivity contribution in [2.45, 2.75) is 43.5 Å². The lowest BCUT2D eigenvalue weighted by molar-refractivity contribution is -0.138. The number of aliphatic hydroxyl groups is 1. The largest absolute Gasteiger partial charge is 0.494 e. The first-order valence-corrected chi connectivity index (χ1v) is 19.7. The van der Waals surface area contributed by atoms with Gasteiger partial charge in [-0.2, -0.15) is 33.9 Å². The van der Waals surface area contributed by atoms with Crippen LogP contribution in [0.5, 0.6) is 17.2 Å². The minimum absolute atomic E-state index is 0.126. The summed E-state index contributed by atoms with van der Waals surface area (Å²) in [6, 6.07) is 20.3. The highest BCUT2D eigenvalue weighted by Gasteiger charge is 2.39. The molecule has 2 aromatic heterocycles. The Bertz CT molecular complexity index is 2800. The molecule has 16 nitrogen and oxygen atoms in total. The molecule has 1 amide bonds. The van der Waals surface area contributed by atoms with Gasteiger partial charge in [-0.15, -0.1) is 0 Å². The molecule has 1 aliphatic heterocycles. The van der Waals surface area contributed by atoms with Crippen LogP contribution >= 0.6 is 0 Å². The number of anilines is 2. The highest BCUT2D eigenvalue weighted by atomic mass is 19.4. The van der Waals surface area contributed by atoms with E-state index in [1.165, 1.54) is 48.8 Å². The van der Waals surface area contributed by atoms with Crippen molar-refractivity contribution in [1.82, 2.24) is 25.0 Å². The Morgan fingerprint density at radius 1 is 0.938 bits per heavy atom. The number of alkyl halides is 3. The van der Waals surface area contributed by atoms with Crippen LogP contribution in [0, 0.1) is 28.5 Å². The smallest absolute Gasteiger partial charge is 0.417 e. The van der Waals surface area contributed by atoms with E-state index in [2.05, 4.69) is 30.9 Å². The highest BCUT2D eigenvalue weighted by Crippen LogP contribution is 2.46. The summed E-state index contributed by atoms with van der Waals surface area (Å²) in [6.45, 7) is 1.18. The predicted molar refractivity (Wildman–Crippen MR) is 221 cm³/mol. The molecular formula is C44H39F4N9O7. The van der Waals surface area contributed by atoms with Gasteiger partial charge in [0.1, 0.15) is 53.5 Å². The Morgan fingerprint density at radius 3 is 2.28 bits per heavy atom. The third kappa shape index (κ3) is 9.88. The minimum atomic E-state index is -4.97. The van der Waals surface area contributed by atoms with Gasteiger partial charge in [-0.3, -0.25) is 14.3 Å². The van der Waals surface area contributed by atoms with Gasteiger partial charge in [-0.05, 0) is 67.1 Å². The summed E-state index contributed by atoms with van der Waals surface area (Å²) in [7, 11) is 1.75. The van der Waals surface area contributed by atoms with Crippen molar-refractivity contribution < 1.29 is 46.4 Å². The van der Waals surface area contributed by atoms with E-state index in [4.69, 9.17) is 24.2 Å². The third-order valence-electron chi connectivity index (χ3n) is 10.2. The second-order valence-corrected chi connectivity index (χ2v) is 14.9. The number of ether oxygens (including phenoxy) is 4. The number of hydrogen-bond acceptors (Lipinski definition) is 13. The molecule has 4 N–H and O–H groups in total. The van der Waals surface area contributed by atoms with Crippen LogP contribution in [0.4, 0.5) is 28.9 Å². The van der Waals surface area contributed by atoms with Crippen LogP contribution in [0.2, 0.25) is 0 Å². The summed E-state index contributed by atoms with van der Waals surface area (Å²) < 4.78 is 80.9. The summed E-state index contributed by atoms with van der Waals surface area (Å²) >= 11 is 0. The number of nitrogens with one attached hydrogen (secondary N) is 3. The summed E-state index contributed by atoms with van der Waals surface area (Å²) in [4.78, 5) is 30.0. The van der Waals surface area contributed by atoms with E-state index in [1.54, 1.807) is 23.9 Å². The zero-order valence-corrected chi connectivity index (χ0v) is 34.2. The summed E-state index contributed by atoms with van der Waals surface area (Å²) in [5.41, 5.74) is -3.08. The molecule has 4 aromatic carbocycles. The van der Waals surface area contributed by atoms with Crippen molar-refractivity contribution >= 4 is 28.1 Å². The van der Waals surface area contributed by atoms with Gasteiger partial charge in [0, 0.05) is 55.9 Å². The number of carbonyl (C=O) groups is 1. The quantitative estimate of drug-likeness (QED) is 0.0586. The summed E-state index contributed by atoms with van der Waals surface area (Å²) in [5, 5.41) is 46.7. The highest BCUT2D eigenvalue weighted by molar-refractivity contribution is 5.98.